The zero-order valence-corrected chi connectivity index (χ0v) is 16.1. The lowest BCUT2D eigenvalue weighted by Gasteiger charge is -2.35. The third-order valence-corrected chi connectivity index (χ3v) is 5.53. The van der Waals surface area contributed by atoms with Gasteiger partial charge < -0.3 is 14.9 Å². The van der Waals surface area contributed by atoms with Crippen LogP contribution >= 0.6 is 0 Å². The fourth-order valence-electron chi connectivity index (χ4n) is 3.78. The fourth-order valence-corrected chi connectivity index (χ4v) is 3.78. The van der Waals surface area contributed by atoms with Crippen LogP contribution in [0.4, 0.5) is 5.82 Å². The van der Waals surface area contributed by atoms with Crippen molar-refractivity contribution < 1.29 is 5.11 Å². The van der Waals surface area contributed by atoms with E-state index in [0.717, 1.165) is 55.4 Å². The molecule has 4 nitrogen and oxygen atoms in total. The van der Waals surface area contributed by atoms with Crippen LogP contribution in [0.5, 0.6) is 0 Å². The molecule has 4 heteroatoms. The summed E-state index contributed by atoms with van der Waals surface area (Å²) in [7, 11) is 0. The molecule has 1 aliphatic heterocycles. The van der Waals surface area contributed by atoms with E-state index in [1.165, 1.54) is 10.8 Å². The summed E-state index contributed by atoms with van der Waals surface area (Å²) in [5.74, 6) is 1.08. The number of rotatable bonds is 4. The van der Waals surface area contributed by atoms with Gasteiger partial charge in [0.15, 0.2) is 0 Å². The molecule has 2 heterocycles. The lowest BCUT2D eigenvalue weighted by molar-refractivity contribution is 0.199. The highest BCUT2D eigenvalue weighted by molar-refractivity contribution is 5.95. The molecule has 0 spiro atoms. The van der Waals surface area contributed by atoms with Gasteiger partial charge in [0.25, 0.3) is 0 Å². The second kappa shape index (κ2) is 8.72. The van der Waals surface area contributed by atoms with Crippen molar-refractivity contribution in [2.45, 2.75) is 27.4 Å². The first-order valence-electron chi connectivity index (χ1n) is 9.81. The first-order chi connectivity index (χ1) is 13.2. The molecule has 4 rings (SSSR count). The number of aliphatic hydroxyl groups excluding tert-OH is 1. The van der Waals surface area contributed by atoms with Crippen molar-refractivity contribution in [2.75, 3.05) is 37.6 Å². The number of pyridine rings is 1. The number of fused-ring (bicyclic) bond motifs is 1. The van der Waals surface area contributed by atoms with Crippen LogP contribution in [0.1, 0.15) is 32.9 Å². The minimum Gasteiger partial charge on any atom is -0.389 e. The van der Waals surface area contributed by atoms with E-state index in [0.29, 0.717) is 0 Å². The predicted molar refractivity (Wildman–Crippen MR) is 119 cm³/mol. The standard InChI is InChI=1S/C23H27N3O.CH4/c1-3-25-12-14-26(15-13-25)23-21-7-5-4-6-20(21)16-22(24-23)19-10-8-18(9-11-19)17(2)27;/h4-11,16-17,27H,3,12-15H2,1-2H3;1H4. The summed E-state index contributed by atoms with van der Waals surface area (Å²) in [5, 5.41) is 12.2. The summed E-state index contributed by atoms with van der Waals surface area (Å²) in [5.41, 5.74) is 2.99. The van der Waals surface area contributed by atoms with Crippen LogP contribution in [-0.4, -0.2) is 47.7 Å². The Morgan fingerprint density at radius 1 is 1.00 bits per heavy atom. The van der Waals surface area contributed by atoms with Crippen LogP contribution in [0.3, 0.4) is 0 Å². The van der Waals surface area contributed by atoms with Crippen LogP contribution in [0.2, 0.25) is 0 Å². The quantitative estimate of drug-likeness (QED) is 0.713. The van der Waals surface area contributed by atoms with Gasteiger partial charge in [-0.25, -0.2) is 4.98 Å². The lowest BCUT2D eigenvalue weighted by Crippen LogP contribution is -2.46. The van der Waals surface area contributed by atoms with Crippen LogP contribution in [0.15, 0.2) is 54.6 Å². The Bertz CT molecular complexity index is 913. The van der Waals surface area contributed by atoms with Crippen molar-refractivity contribution >= 4 is 16.6 Å². The highest BCUT2D eigenvalue weighted by Gasteiger charge is 2.19. The van der Waals surface area contributed by atoms with Gasteiger partial charge in [0.2, 0.25) is 0 Å². The molecule has 2 aromatic carbocycles. The maximum Gasteiger partial charge on any atom is 0.137 e. The Balaban J connectivity index is 0.00000225. The zero-order chi connectivity index (χ0) is 18.8. The fraction of sp³-hybridized carbons (Fsp3) is 0.375. The number of piperazine rings is 1. The molecular weight excluding hydrogens is 346 g/mol. The van der Waals surface area contributed by atoms with E-state index < -0.39 is 6.10 Å². The number of hydrogen-bond donors (Lipinski definition) is 1. The van der Waals surface area contributed by atoms with Gasteiger partial charge in [-0.2, -0.15) is 0 Å². The van der Waals surface area contributed by atoms with E-state index in [1.54, 1.807) is 6.92 Å². The van der Waals surface area contributed by atoms with Gasteiger partial charge in [0, 0.05) is 37.1 Å². The average Bonchev–Trinajstić information content (AvgIpc) is 2.73. The first-order valence-corrected chi connectivity index (χ1v) is 9.81. The molecule has 3 aromatic rings. The first kappa shape index (κ1) is 20.3. The van der Waals surface area contributed by atoms with E-state index >= 15 is 0 Å². The molecule has 1 N–H and O–H groups in total. The molecule has 0 radical (unpaired) electrons. The van der Waals surface area contributed by atoms with Gasteiger partial charge in [0.1, 0.15) is 5.82 Å². The van der Waals surface area contributed by atoms with E-state index in [2.05, 4.69) is 59.2 Å². The van der Waals surface area contributed by atoms with Crippen molar-refractivity contribution in [1.29, 1.82) is 0 Å². The topological polar surface area (TPSA) is 39.6 Å². The number of anilines is 1. The maximum atomic E-state index is 9.76. The summed E-state index contributed by atoms with van der Waals surface area (Å²) in [4.78, 5) is 9.97. The van der Waals surface area contributed by atoms with E-state index in [4.69, 9.17) is 4.98 Å². The Labute approximate surface area is 168 Å². The van der Waals surface area contributed by atoms with Crippen LogP contribution < -0.4 is 4.90 Å². The second-order valence-electron chi connectivity index (χ2n) is 7.27. The highest BCUT2D eigenvalue weighted by atomic mass is 16.3. The molecule has 1 atom stereocenters. The Hall–Kier alpha value is -2.43. The van der Waals surface area contributed by atoms with Crippen molar-refractivity contribution in [1.82, 2.24) is 9.88 Å². The monoisotopic (exact) mass is 377 g/mol. The van der Waals surface area contributed by atoms with E-state index in [9.17, 15) is 5.11 Å². The number of nitrogens with zero attached hydrogens (tertiary/aromatic N) is 3. The SMILES string of the molecule is C.CCN1CCN(c2nc(-c3ccc(C(C)O)cc3)cc3ccccc23)CC1. The minimum absolute atomic E-state index is 0. The molecule has 1 fully saturated rings. The Morgan fingerprint density at radius 3 is 2.32 bits per heavy atom. The summed E-state index contributed by atoms with van der Waals surface area (Å²) < 4.78 is 0. The van der Waals surface area contributed by atoms with Crippen molar-refractivity contribution in [3.8, 4) is 11.3 Å². The van der Waals surface area contributed by atoms with Gasteiger partial charge in [-0.1, -0.05) is 62.9 Å². The number of hydrogen-bond acceptors (Lipinski definition) is 4. The van der Waals surface area contributed by atoms with Crippen molar-refractivity contribution in [3.63, 3.8) is 0 Å². The van der Waals surface area contributed by atoms with Gasteiger partial charge in [-0.3, -0.25) is 0 Å². The molecule has 0 amide bonds. The molecule has 1 saturated heterocycles. The molecule has 0 aliphatic carbocycles. The van der Waals surface area contributed by atoms with Crippen molar-refractivity contribution in [2.24, 2.45) is 0 Å². The summed E-state index contributed by atoms with van der Waals surface area (Å²) >= 11 is 0. The molecule has 1 aliphatic rings. The second-order valence-corrected chi connectivity index (χ2v) is 7.27. The highest BCUT2D eigenvalue weighted by Crippen LogP contribution is 2.31. The molecule has 148 valence electrons. The zero-order valence-electron chi connectivity index (χ0n) is 16.1. The molecule has 1 aromatic heterocycles. The van der Waals surface area contributed by atoms with Gasteiger partial charge >= 0.3 is 0 Å². The lowest BCUT2D eigenvalue weighted by atomic mass is 10.0. The largest absolute Gasteiger partial charge is 0.389 e. The summed E-state index contributed by atoms with van der Waals surface area (Å²) in [6, 6.07) is 18.7. The smallest absolute Gasteiger partial charge is 0.137 e. The summed E-state index contributed by atoms with van der Waals surface area (Å²) in [6.07, 6.45) is -0.450. The Kier molecular flexibility index (Phi) is 6.32. The molecular formula is C24H31N3O. The number of benzene rings is 2. The maximum absolute atomic E-state index is 9.76. The number of likely N-dealkylation sites (N-methyl/N-ethyl adjacent to an activating group) is 1. The van der Waals surface area contributed by atoms with Crippen LogP contribution in [0, 0.1) is 0 Å². The third kappa shape index (κ3) is 4.03. The number of aromatic nitrogens is 1. The minimum atomic E-state index is -0.450. The number of aliphatic hydroxyl groups is 1. The molecule has 0 saturated carbocycles. The third-order valence-electron chi connectivity index (χ3n) is 5.53. The van der Waals surface area contributed by atoms with Gasteiger partial charge in [-0.15, -0.1) is 0 Å². The van der Waals surface area contributed by atoms with E-state index in [1.807, 2.05) is 12.1 Å². The van der Waals surface area contributed by atoms with Crippen LogP contribution in [-0.2, 0) is 0 Å². The molecule has 28 heavy (non-hydrogen) atoms. The Morgan fingerprint density at radius 2 is 1.68 bits per heavy atom. The van der Waals surface area contributed by atoms with Gasteiger partial charge in [0.05, 0.1) is 11.8 Å². The normalized spacial score (nSPS) is 16.0. The van der Waals surface area contributed by atoms with Gasteiger partial charge in [-0.05, 0) is 30.5 Å². The van der Waals surface area contributed by atoms with Crippen molar-refractivity contribution in [3.05, 3.63) is 60.2 Å². The molecule has 0 bridgehead atoms. The van der Waals surface area contributed by atoms with Crippen LogP contribution in [0.25, 0.3) is 22.0 Å². The summed E-state index contributed by atoms with van der Waals surface area (Å²) in [6.45, 7) is 9.31. The average molecular weight is 378 g/mol. The molecule has 1 unspecified atom stereocenters. The van der Waals surface area contributed by atoms with E-state index in [-0.39, 0.29) is 7.43 Å². The predicted octanol–water partition coefficient (Wildman–Crippen LogP) is 4.73.